The van der Waals surface area contributed by atoms with Crippen molar-refractivity contribution in [3.8, 4) is 0 Å². The van der Waals surface area contributed by atoms with Crippen molar-refractivity contribution in [2.24, 2.45) is 17.6 Å². The monoisotopic (exact) mass is 191 g/mol. The molecule has 0 aromatic carbocycles. The largest absolute Gasteiger partial charge is 0.396 e. The topological polar surface area (TPSA) is 86.7 Å². The summed E-state index contributed by atoms with van der Waals surface area (Å²) in [5.41, 5.74) is 5.66. The van der Waals surface area contributed by atoms with E-state index in [2.05, 4.69) is 0 Å². The molecule has 4 atom stereocenters. The highest BCUT2D eigenvalue weighted by Crippen LogP contribution is 2.13. The Morgan fingerprint density at radius 3 is 1.85 bits per heavy atom. The number of rotatable bonds is 5. The van der Waals surface area contributed by atoms with E-state index in [4.69, 9.17) is 10.8 Å². The van der Waals surface area contributed by atoms with Crippen LogP contribution in [0.15, 0.2) is 0 Å². The Morgan fingerprint density at radius 1 is 1.08 bits per heavy atom. The van der Waals surface area contributed by atoms with Crippen LogP contribution in [0.25, 0.3) is 0 Å². The zero-order valence-corrected chi connectivity index (χ0v) is 8.51. The van der Waals surface area contributed by atoms with Crippen LogP contribution in [0, 0.1) is 11.8 Å². The summed E-state index contributed by atoms with van der Waals surface area (Å²) in [7, 11) is 0. The second-order valence-corrected chi connectivity index (χ2v) is 3.96. The van der Waals surface area contributed by atoms with Crippen LogP contribution in [0.3, 0.4) is 0 Å². The smallest absolute Gasteiger partial charge is 0.0955 e. The van der Waals surface area contributed by atoms with E-state index in [1.54, 1.807) is 6.92 Å². The number of hydrogen-bond donors (Lipinski definition) is 4. The van der Waals surface area contributed by atoms with E-state index in [9.17, 15) is 10.2 Å². The van der Waals surface area contributed by atoms with Gasteiger partial charge in [0, 0.05) is 18.6 Å². The van der Waals surface area contributed by atoms with Gasteiger partial charge in [-0.3, -0.25) is 0 Å². The zero-order valence-electron chi connectivity index (χ0n) is 8.51. The zero-order chi connectivity index (χ0) is 10.6. The fraction of sp³-hybridized carbons (Fsp3) is 1.00. The average Bonchev–Trinajstić information content (AvgIpc) is 2.12. The molecule has 4 heteroatoms. The number of hydrogen-bond acceptors (Lipinski definition) is 4. The summed E-state index contributed by atoms with van der Waals surface area (Å²) >= 11 is 0. The van der Waals surface area contributed by atoms with E-state index in [-0.39, 0.29) is 18.4 Å². The molecule has 13 heavy (non-hydrogen) atoms. The Hall–Kier alpha value is -0.160. The molecule has 4 nitrogen and oxygen atoms in total. The van der Waals surface area contributed by atoms with Gasteiger partial charge in [-0.2, -0.15) is 0 Å². The van der Waals surface area contributed by atoms with Gasteiger partial charge in [0.15, 0.2) is 0 Å². The van der Waals surface area contributed by atoms with Crippen LogP contribution in [0.1, 0.15) is 20.8 Å². The molecule has 0 aromatic heterocycles. The quantitative estimate of drug-likeness (QED) is 0.464. The molecule has 0 fully saturated rings. The molecule has 0 aromatic rings. The third-order valence-corrected chi connectivity index (χ3v) is 2.39. The third kappa shape index (κ3) is 3.60. The Labute approximate surface area is 79.4 Å². The predicted octanol–water partition coefficient (Wildman–Crippen LogP) is -0.680. The van der Waals surface area contributed by atoms with Crippen molar-refractivity contribution in [2.45, 2.75) is 39.0 Å². The van der Waals surface area contributed by atoms with Crippen LogP contribution >= 0.6 is 0 Å². The second kappa shape index (κ2) is 5.54. The highest BCUT2D eigenvalue weighted by atomic mass is 16.3. The fourth-order valence-corrected chi connectivity index (χ4v) is 1.07. The molecule has 0 spiro atoms. The Balaban J connectivity index is 4.15. The summed E-state index contributed by atoms with van der Waals surface area (Å²) in [6, 6.07) is -0.455. The fourth-order valence-electron chi connectivity index (χ4n) is 1.07. The van der Waals surface area contributed by atoms with Crippen LogP contribution in [0.4, 0.5) is 0 Å². The molecule has 0 amide bonds. The lowest BCUT2D eigenvalue weighted by Gasteiger charge is -2.29. The first-order valence-corrected chi connectivity index (χ1v) is 4.64. The van der Waals surface area contributed by atoms with Gasteiger partial charge in [-0.1, -0.05) is 20.8 Å². The summed E-state index contributed by atoms with van der Waals surface area (Å²) in [6.45, 7) is 5.28. The van der Waals surface area contributed by atoms with Crippen molar-refractivity contribution in [1.29, 1.82) is 0 Å². The van der Waals surface area contributed by atoms with Gasteiger partial charge in [0.25, 0.3) is 0 Å². The Bertz CT molecular complexity index is 141. The van der Waals surface area contributed by atoms with Crippen LogP contribution < -0.4 is 5.73 Å². The standard InChI is InChI=1S/C9H21NO3/c1-5(2)7(10)9(13)8(12)6(3)4-11/h5-9,11-13H,4,10H2,1-3H3/t6-,7-,8-,9-/m1/s1. The summed E-state index contributed by atoms with van der Waals surface area (Å²) in [6.07, 6.45) is -1.93. The first kappa shape index (κ1) is 12.8. The van der Waals surface area contributed by atoms with Gasteiger partial charge in [-0.05, 0) is 5.92 Å². The summed E-state index contributed by atoms with van der Waals surface area (Å²) in [5.74, 6) is -0.240. The van der Waals surface area contributed by atoms with E-state index in [0.717, 1.165) is 0 Å². The molecular weight excluding hydrogens is 170 g/mol. The first-order valence-electron chi connectivity index (χ1n) is 4.64. The molecule has 0 aliphatic rings. The van der Waals surface area contributed by atoms with Gasteiger partial charge < -0.3 is 21.1 Å². The molecule has 0 radical (unpaired) electrons. The molecule has 0 unspecified atom stereocenters. The van der Waals surface area contributed by atoms with Crippen molar-refractivity contribution >= 4 is 0 Å². The highest BCUT2D eigenvalue weighted by Gasteiger charge is 2.28. The maximum Gasteiger partial charge on any atom is 0.0955 e. The predicted molar refractivity (Wildman–Crippen MR) is 51.1 cm³/mol. The molecule has 0 bridgehead atoms. The molecule has 0 saturated carbocycles. The maximum atomic E-state index is 9.57. The lowest BCUT2D eigenvalue weighted by Crippen LogP contribution is -2.48. The van der Waals surface area contributed by atoms with Gasteiger partial charge in [0.05, 0.1) is 12.2 Å². The molecule has 0 rings (SSSR count). The molecule has 0 aliphatic heterocycles. The summed E-state index contributed by atoms with van der Waals surface area (Å²) in [4.78, 5) is 0. The minimum absolute atomic E-state index is 0.107. The van der Waals surface area contributed by atoms with Crippen LogP contribution in [0.5, 0.6) is 0 Å². The van der Waals surface area contributed by atoms with Crippen LogP contribution in [0.2, 0.25) is 0 Å². The lowest BCUT2D eigenvalue weighted by atomic mass is 9.90. The van der Waals surface area contributed by atoms with Crippen molar-refractivity contribution < 1.29 is 15.3 Å². The molecule has 80 valence electrons. The van der Waals surface area contributed by atoms with Gasteiger partial charge in [0.2, 0.25) is 0 Å². The maximum absolute atomic E-state index is 9.57. The lowest BCUT2D eigenvalue weighted by molar-refractivity contribution is -0.0442. The van der Waals surface area contributed by atoms with Gasteiger partial charge in [0.1, 0.15) is 0 Å². The van der Waals surface area contributed by atoms with Gasteiger partial charge >= 0.3 is 0 Å². The Kier molecular flexibility index (Phi) is 5.48. The van der Waals surface area contributed by atoms with Gasteiger partial charge in [-0.25, -0.2) is 0 Å². The van der Waals surface area contributed by atoms with Crippen molar-refractivity contribution in [3.63, 3.8) is 0 Å². The van der Waals surface area contributed by atoms with E-state index < -0.39 is 18.2 Å². The molecule has 0 heterocycles. The highest BCUT2D eigenvalue weighted by molar-refractivity contribution is 4.83. The minimum atomic E-state index is -0.970. The molecule has 0 aliphatic carbocycles. The van der Waals surface area contributed by atoms with Crippen molar-refractivity contribution in [3.05, 3.63) is 0 Å². The van der Waals surface area contributed by atoms with E-state index in [1.165, 1.54) is 0 Å². The number of aliphatic hydroxyl groups is 3. The normalized spacial score (nSPS) is 21.2. The molecular formula is C9H21NO3. The van der Waals surface area contributed by atoms with E-state index in [1.807, 2.05) is 13.8 Å². The average molecular weight is 191 g/mol. The minimum Gasteiger partial charge on any atom is -0.396 e. The SMILES string of the molecule is CC(C)[C@@H](N)[C@@H](O)[C@H](O)[C@H](C)CO. The third-order valence-electron chi connectivity index (χ3n) is 2.39. The summed E-state index contributed by atoms with van der Waals surface area (Å²) in [5, 5.41) is 27.9. The number of nitrogens with two attached hydrogens (primary N) is 1. The van der Waals surface area contributed by atoms with Crippen LogP contribution in [-0.2, 0) is 0 Å². The molecule has 0 saturated heterocycles. The number of aliphatic hydroxyl groups excluding tert-OH is 3. The van der Waals surface area contributed by atoms with Crippen LogP contribution in [-0.4, -0.2) is 40.2 Å². The van der Waals surface area contributed by atoms with Crippen molar-refractivity contribution in [2.75, 3.05) is 6.61 Å². The first-order chi connectivity index (χ1) is 5.91. The van der Waals surface area contributed by atoms with E-state index >= 15 is 0 Å². The second-order valence-electron chi connectivity index (χ2n) is 3.96. The summed E-state index contributed by atoms with van der Waals surface area (Å²) < 4.78 is 0. The molecule has 5 N–H and O–H groups in total. The Morgan fingerprint density at radius 2 is 1.54 bits per heavy atom. The van der Waals surface area contributed by atoms with E-state index in [0.29, 0.717) is 0 Å². The van der Waals surface area contributed by atoms with Gasteiger partial charge in [-0.15, -0.1) is 0 Å². The van der Waals surface area contributed by atoms with Crippen molar-refractivity contribution in [1.82, 2.24) is 0 Å².